The Morgan fingerprint density at radius 1 is 0.947 bits per heavy atom. The van der Waals surface area contributed by atoms with E-state index < -0.39 is 0 Å². The predicted molar refractivity (Wildman–Crippen MR) is 155 cm³/mol. The molecule has 0 radical (unpaired) electrons. The molecule has 0 N–H and O–H groups in total. The molecule has 1 aliphatic carbocycles. The Kier molecular flexibility index (Phi) is 6.85. The fourth-order valence-electron chi connectivity index (χ4n) is 5.38. The Morgan fingerprint density at radius 2 is 1.68 bits per heavy atom. The van der Waals surface area contributed by atoms with Gasteiger partial charge in [-0.15, -0.1) is 0 Å². The van der Waals surface area contributed by atoms with E-state index in [9.17, 15) is 4.79 Å². The van der Waals surface area contributed by atoms with Crippen molar-refractivity contribution in [2.75, 3.05) is 0 Å². The SMILES string of the molecule is N#Cc1ccc(Cn2cc(/C=C3\SC(=Nc4ccccc4)N(C4CCCCC4)C3=O)c3ccccc32)cc1. The van der Waals surface area contributed by atoms with Crippen molar-refractivity contribution in [1.82, 2.24) is 9.47 Å². The summed E-state index contributed by atoms with van der Waals surface area (Å²) in [7, 11) is 0. The van der Waals surface area contributed by atoms with Crippen LogP contribution in [0.15, 0.2) is 95.0 Å². The number of amides is 1. The molecule has 6 heteroatoms. The van der Waals surface area contributed by atoms with Crippen molar-refractivity contribution in [3.63, 3.8) is 0 Å². The Hall–Kier alpha value is -4.08. The third-order valence-corrected chi connectivity index (χ3v) is 8.28. The molecule has 3 aromatic carbocycles. The maximum atomic E-state index is 13.8. The van der Waals surface area contributed by atoms with Crippen LogP contribution in [-0.4, -0.2) is 26.6 Å². The fraction of sp³-hybridized carbons (Fsp3) is 0.219. The number of carbonyl (C=O) groups is 1. The molecule has 4 aromatic rings. The topological polar surface area (TPSA) is 61.4 Å². The van der Waals surface area contributed by atoms with Crippen molar-refractivity contribution >= 4 is 45.5 Å². The smallest absolute Gasteiger partial charge is 0.267 e. The van der Waals surface area contributed by atoms with Gasteiger partial charge in [0.1, 0.15) is 0 Å². The summed E-state index contributed by atoms with van der Waals surface area (Å²) in [5.41, 5.74) is 4.78. The number of amidine groups is 1. The molecule has 188 valence electrons. The van der Waals surface area contributed by atoms with E-state index in [2.05, 4.69) is 29.0 Å². The second-order valence-electron chi connectivity index (χ2n) is 9.85. The van der Waals surface area contributed by atoms with Gasteiger partial charge in [0.15, 0.2) is 5.17 Å². The maximum Gasteiger partial charge on any atom is 0.267 e. The number of aromatic nitrogens is 1. The van der Waals surface area contributed by atoms with Crippen LogP contribution in [0.4, 0.5) is 5.69 Å². The maximum absolute atomic E-state index is 13.8. The van der Waals surface area contributed by atoms with E-state index in [0.717, 1.165) is 58.6 Å². The summed E-state index contributed by atoms with van der Waals surface area (Å²) in [5, 5.41) is 11.0. The standard InChI is InChI=1S/C32H28N4OS/c33-20-23-15-17-24(18-16-23)21-35-22-25(28-13-7-8-14-29(28)35)19-30-31(37)36(27-11-5-2-6-12-27)32(38-30)34-26-9-3-1-4-10-26/h1,3-4,7-10,13-19,22,27H,2,5-6,11-12,21H2/b30-19-,34-32?. The Labute approximate surface area is 227 Å². The van der Waals surface area contributed by atoms with Crippen LogP contribution in [0.3, 0.4) is 0 Å². The lowest BCUT2D eigenvalue weighted by Crippen LogP contribution is -2.40. The van der Waals surface area contributed by atoms with E-state index in [1.54, 1.807) is 0 Å². The minimum atomic E-state index is 0.0560. The second-order valence-corrected chi connectivity index (χ2v) is 10.9. The molecule has 38 heavy (non-hydrogen) atoms. The van der Waals surface area contributed by atoms with Crippen molar-refractivity contribution in [2.45, 2.75) is 44.7 Å². The van der Waals surface area contributed by atoms with Crippen LogP contribution in [0.25, 0.3) is 17.0 Å². The third-order valence-electron chi connectivity index (χ3n) is 7.30. The molecule has 1 aromatic heterocycles. The number of carbonyl (C=O) groups excluding carboxylic acids is 1. The average Bonchev–Trinajstić information content (AvgIpc) is 3.46. The van der Waals surface area contributed by atoms with E-state index in [4.69, 9.17) is 10.3 Å². The number of aliphatic imine (C=N–C) groups is 1. The van der Waals surface area contributed by atoms with Gasteiger partial charge in [0.2, 0.25) is 0 Å². The van der Waals surface area contributed by atoms with Crippen LogP contribution in [0.2, 0.25) is 0 Å². The third kappa shape index (κ3) is 4.90. The van der Waals surface area contributed by atoms with Crippen LogP contribution in [0.5, 0.6) is 0 Å². The summed E-state index contributed by atoms with van der Waals surface area (Å²) in [6.45, 7) is 0.686. The lowest BCUT2D eigenvalue weighted by atomic mass is 9.94. The summed E-state index contributed by atoms with van der Waals surface area (Å²) in [5.74, 6) is 0.0560. The van der Waals surface area contributed by atoms with Gasteiger partial charge in [0.25, 0.3) is 5.91 Å². The number of nitrogens with zero attached hydrogens (tertiary/aromatic N) is 4. The Morgan fingerprint density at radius 3 is 2.45 bits per heavy atom. The number of para-hydroxylation sites is 2. The Bertz CT molecular complexity index is 1570. The van der Waals surface area contributed by atoms with Crippen LogP contribution < -0.4 is 0 Å². The highest BCUT2D eigenvalue weighted by atomic mass is 32.2. The van der Waals surface area contributed by atoms with Crippen LogP contribution in [-0.2, 0) is 11.3 Å². The summed E-state index contributed by atoms with van der Waals surface area (Å²) in [4.78, 5) is 21.4. The molecule has 1 aliphatic heterocycles. The van der Waals surface area contributed by atoms with E-state index in [0.29, 0.717) is 17.0 Å². The molecule has 0 atom stereocenters. The first-order valence-corrected chi connectivity index (χ1v) is 13.9. The zero-order valence-corrected chi connectivity index (χ0v) is 21.9. The first kappa shape index (κ1) is 24.3. The Balaban J connectivity index is 1.37. The second kappa shape index (κ2) is 10.7. The number of hydrogen-bond acceptors (Lipinski definition) is 4. The van der Waals surface area contributed by atoms with Crippen LogP contribution in [0, 0.1) is 11.3 Å². The van der Waals surface area contributed by atoms with Crippen LogP contribution >= 0.6 is 11.8 Å². The molecular formula is C32H28N4OS. The summed E-state index contributed by atoms with van der Waals surface area (Å²) in [6.07, 6.45) is 9.75. The predicted octanol–water partition coefficient (Wildman–Crippen LogP) is 7.50. The minimum absolute atomic E-state index is 0.0560. The highest BCUT2D eigenvalue weighted by molar-refractivity contribution is 8.18. The largest absolute Gasteiger partial charge is 0.342 e. The van der Waals surface area contributed by atoms with E-state index >= 15 is 0 Å². The number of benzene rings is 3. The van der Waals surface area contributed by atoms with Crippen LogP contribution in [0.1, 0.15) is 48.8 Å². The van der Waals surface area contributed by atoms with E-state index in [-0.39, 0.29) is 11.9 Å². The molecule has 1 saturated heterocycles. The van der Waals surface area contributed by atoms with Crippen molar-refractivity contribution in [2.24, 2.45) is 4.99 Å². The van der Waals surface area contributed by atoms with Gasteiger partial charge >= 0.3 is 0 Å². The highest BCUT2D eigenvalue weighted by Crippen LogP contribution is 2.39. The van der Waals surface area contributed by atoms with Gasteiger partial charge < -0.3 is 4.57 Å². The van der Waals surface area contributed by atoms with E-state index in [1.807, 2.05) is 77.7 Å². The van der Waals surface area contributed by atoms with Crippen molar-refractivity contribution in [3.05, 3.63) is 107 Å². The molecule has 0 bridgehead atoms. The highest BCUT2D eigenvalue weighted by Gasteiger charge is 2.38. The van der Waals surface area contributed by atoms with E-state index in [1.165, 1.54) is 18.2 Å². The summed E-state index contributed by atoms with van der Waals surface area (Å²) >= 11 is 1.48. The molecular weight excluding hydrogens is 488 g/mol. The van der Waals surface area contributed by atoms with Gasteiger partial charge in [-0.05, 0) is 66.6 Å². The molecule has 0 unspecified atom stereocenters. The summed E-state index contributed by atoms with van der Waals surface area (Å²) in [6, 6.07) is 28.3. The fourth-order valence-corrected chi connectivity index (χ4v) is 6.43. The van der Waals surface area contributed by atoms with Gasteiger partial charge in [-0.2, -0.15) is 5.26 Å². The van der Waals surface area contributed by atoms with Gasteiger partial charge in [0.05, 0.1) is 22.2 Å². The van der Waals surface area contributed by atoms with Crippen molar-refractivity contribution in [3.8, 4) is 6.07 Å². The zero-order chi connectivity index (χ0) is 25.9. The molecule has 2 heterocycles. The van der Waals surface area contributed by atoms with Gasteiger partial charge in [-0.25, -0.2) is 4.99 Å². The monoisotopic (exact) mass is 516 g/mol. The number of thioether (sulfide) groups is 1. The van der Waals surface area contributed by atoms with Gasteiger partial charge in [-0.3, -0.25) is 9.69 Å². The van der Waals surface area contributed by atoms with Gasteiger partial charge in [0, 0.05) is 35.2 Å². The number of hydrogen-bond donors (Lipinski definition) is 0. The molecule has 2 aliphatic rings. The van der Waals surface area contributed by atoms with Gasteiger partial charge in [-0.1, -0.05) is 67.8 Å². The first-order valence-electron chi connectivity index (χ1n) is 13.1. The molecule has 5 nitrogen and oxygen atoms in total. The zero-order valence-electron chi connectivity index (χ0n) is 21.1. The molecule has 1 amide bonds. The molecule has 2 fully saturated rings. The lowest BCUT2D eigenvalue weighted by Gasteiger charge is -2.30. The lowest BCUT2D eigenvalue weighted by molar-refractivity contribution is -0.124. The molecule has 1 saturated carbocycles. The summed E-state index contributed by atoms with van der Waals surface area (Å²) < 4.78 is 2.21. The molecule has 0 spiro atoms. The minimum Gasteiger partial charge on any atom is -0.342 e. The van der Waals surface area contributed by atoms with Crippen molar-refractivity contribution < 1.29 is 4.79 Å². The first-order chi connectivity index (χ1) is 18.7. The molecule has 6 rings (SSSR count). The number of rotatable bonds is 5. The normalized spacial score (nSPS) is 18.5. The number of nitriles is 1. The average molecular weight is 517 g/mol. The van der Waals surface area contributed by atoms with Crippen molar-refractivity contribution in [1.29, 1.82) is 5.26 Å². The quantitative estimate of drug-likeness (QED) is 0.258. The number of fused-ring (bicyclic) bond motifs is 1.